The van der Waals surface area contributed by atoms with Gasteiger partial charge < -0.3 is 14.4 Å². The Hall–Kier alpha value is -2.33. The van der Waals surface area contributed by atoms with E-state index in [1.165, 1.54) is 11.1 Å². The highest BCUT2D eigenvalue weighted by Crippen LogP contribution is 2.21. The molecule has 0 saturated carbocycles. The van der Waals surface area contributed by atoms with Gasteiger partial charge in [0.05, 0.1) is 19.8 Å². The molecule has 2 aromatic rings. The summed E-state index contributed by atoms with van der Waals surface area (Å²) in [7, 11) is 3.41. The third kappa shape index (κ3) is 3.54. The van der Waals surface area contributed by atoms with Crippen molar-refractivity contribution >= 4 is 5.91 Å². The van der Waals surface area contributed by atoms with Crippen molar-refractivity contribution in [3.63, 3.8) is 0 Å². The lowest BCUT2D eigenvalue weighted by Gasteiger charge is -2.29. The second kappa shape index (κ2) is 6.84. The van der Waals surface area contributed by atoms with Crippen molar-refractivity contribution in [3.05, 3.63) is 65.2 Å². The van der Waals surface area contributed by atoms with E-state index in [-0.39, 0.29) is 12.0 Å². The number of ether oxygens (including phenoxy) is 2. The number of methoxy groups -OCH3 is 1. The van der Waals surface area contributed by atoms with Gasteiger partial charge in [-0.05, 0) is 29.3 Å². The van der Waals surface area contributed by atoms with Crippen LogP contribution in [0.3, 0.4) is 0 Å². The molecule has 0 spiro atoms. The van der Waals surface area contributed by atoms with E-state index in [0.717, 1.165) is 6.42 Å². The van der Waals surface area contributed by atoms with E-state index in [4.69, 9.17) is 9.47 Å². The van der Waals surface area contributed by atoms with Gasteiger partial charge in [0.1, 0.15) is 5.75 Å². The number of fused-ring (bicyclic) bond motifs is 1. The molecular weight excluding hydrogens is 290 g/mol. The third-order valence-electron chi connectivity index (χ3n) is 4.18. The summed E-state index contributed by atoms with van der Waals surface area (Å²) in [6.07, 6.45) is 0.871. The standard InChI is InChI=1S/C19H21NO3/c1-20(19(21)15-8-5-9-17(11-15)22-2)12-18-10-14-6-3-4-7-16(14)13-23-18/h3-9,11,18H,10,12-13H2,1-2H3. The summed E-state index contributed by atoms with van der Waals surface area (Å²) in [6.45, 7) is 1.19. The molecule has 4 heteroatoms. The quantitative estimate of drug-likeness (QED) is 0.871. The van der Waals surface area contributed by atoms with Crippen LogP contribution in [0.1, 0.15) is 21.5 Å². The van der Waals surface area contributed by atoms with Gasteiger partial charge in [0.15, 0.2) is 0 Å². The fourth-order valence-corrected chi connectivity index (χ4v) is 2.89. The fourth-order valence-electron chi connectivity index (χ4n) is 2.89. The number of rotatable bonds is 4. The third-order valence-corrected chi connectivity index (χ3v) is 4.18. The topological polar surface area (TPSA) is 38.8 Å². The van der Waals surface area contributed by atoms with Crippen LogP contribution in [0.2, 0.25) is 0 Å². The van der Waals surface area contributed by atoms with Crippen LogP contribution in [-0.4, -0.2) is 37.6 Å². The monoisotopic (exact) mass is 311 g/mol. The largest absolute Gasteiger partial charge is 0.497 e. The molecule has 2 aromatic carbocycles. The average molecular weight is 311 g/mol. The van der Waals surface area contributed by atoms with Gasteiger partial charge in [-0.15, -0.1) is 0 Å². The molecule has 0 radical (unpaired) electrons. The predicted octanol–water partition coefficient (Wildman–Crippen LogP) is 2.91. The molecule has 1 heterocycles. The number of nitrogens with zero attached hydrogens (tertiary/aromatic N) is 1. The Morgan fingerprint density at radius 1 is 1.22 bits per heavy atom. The summed E-state index contributed by atoms with van der Waals surface area (Å²) < 4.78 is 11.1. The average Bonchev–Trinajstić information content (AvgIpc) is 2.61. The number of amides is 1. The van der Waals surface area contributed by atoms with Crippen molar-refractivity contribution in [1.29, 1.82) is 0 Å². The van der Waals surface area contributed by atoms with Gasteiger partial charge in [0, 0.05) is 25.6 Å². The van der Waals surface area contributed by atoms with Crippen LogP contribution in [0, 0.1) is 0 Å². The summed E-state index contributed by atoms with van der Waals surface area (Å²) in [6, 6.07) is 15.5. The first kappa shape index (κ1) is 15.6. The maximum atomic E-state index is 12.5. The lowest BCUT2D eigenvalue weighted by molar-refractivity contribution is 0.00984. The zero-order valence-corrected chi connectivity index (χ0v) is 13.5. The van der Waals surface area contributed by atoms with E-state index in [0.29, 0.717) is 24.5 Å². The van der Waals surface area contributed by atoms with Crippen molar-refractivity contribution in [2.24, 2.45) is 0 Å². The molecule has 0 fully saturated rings. The van der Waals surface area contributed by atoms with E-state index in [9.17, 15) is 4.79 Å². The number of carbonyl (C=O) groups is 1. The Morgan fingerprint density at radius 2 is 2.00 bits per heavy atom. The predicted molar refractivity (Wildman–Crippen MR) is 88.7 cm³/mol. The number of hydrogen-bond donors (Lipinski definition) is 0. The first-order valence-electron chi connectivity index (χ1n) is 7.75. The molecule has 0 aliphatic carbocycles. The van der Waals surface area contributed by atoms with E-state index in [1.54, 1.807) is 24.1 Å². The van der Waals surface area contributed by atoms with Gasteiger partial charge in [-0.25, -0.2) is 0 Å². The first-order chi connectivity index (χ1) is 11.2. The van der Waals surface area contributed by atoms with Crippen LogP contribution >= 0.6 is 0 Å². The molecule has 1 aliphatic heterocycles. The van der Waals surface area contributed by atoms with Crippen LogP contribution < -0.4 is 4.74 Å². The maximum Gasteiger partial charge on any atom is 0.253 e. The van der Waals surface area contributed by atoms with Gasteiger partial charge in [0.25, 0.3) is 5.91 Å². The second-order valence-electron chi connectivity index (χ2n) is 5.82. The van der Waals surface area contributed by atoms with E-state index in [1.807, 2.05) is 31.3 Å². The molecule has 0 saturated heterocycles. The van der Waals surface area contributed by atoms with Gasteiger partial charge in [-0.1, -0.05) is 30.3 Å². The Labute approximate surface area is 136 Å². The molecule has 1 atom stereocenters. The molecule has 0 N–H and O–H groups in total. The van der Waals surface area contributed by atoms with Crippen LogP contribution in [0.4, 0.5) is 0 Å². The lowest BCUT2D eigenvalue weighted by Crippen LogP contribution is -2.38. The zero-order chi connectivity index (χ0) is 16.2. The lowest BCUT2D eigenvalue weighted by atomic mass is 9.99. The van der Waals surface area contributed by atoms with Crippen LogP contribution in [0.5, 0.6) is 5.75 Å². The minimum Gasteiger partial charge on any atom is -0.497 e. The van der Waals surface area contributed by atoms with Crippen molar-refractivity contribution < 1.29 is 14.3 Å². The molecular formula is C19H21NO3. The smallest absolute Gasteiger partial charge is 0.253 e. The van der Waals surface area contributed by atoms with Crippen LogP contribution in [0.15, 0.2) is 48.5 Å². The summed E-state index contributed by atoms with van der Waals surface area (Å²) in [5, 5.41) is 0. The molecule has 0 bridgehead atoms. The van der Waals surface area contributed by atoms with Crippen molar-refractivity contribution in [2.45, 2.75) is 19.1 Å². The zero-order valence-electron chi connectivity index (χ0n) is 13.5. The van der Waals surface area contributed by atoms with Crippen LogP contribution in [-0.2, 0) is 17.8 Å². The van der Waals surface area contributed by atoms with Gasteiger partial charge in [-0.3, -0.25) is 4.79 Å². The molecule has 1 aliphatic rings. The van der Waals surface area contributed by atoms with Crippen molar-refractivity contribution in [3.8, 4) is 5.75 Å². The Morgan fingerprint density at radius 3 is 2.78 bits per heavy atom. The summed E-state index contributed by atoms with van der Waals surface area (Å²) in [5.41, 5.74) is 3.18. The normalized spacial score (nSPS) is 16.5. The molecule has 4 nitrogen and oxygen atoms in total. The number of hydrogen-bond acceptors (Lipinski definition) is 3. The maximum absolute atomic E-state index is 12.5. The van der Waals surface area contributed by atoms with Gasteiger partial charge >= 0.3 is 0 Å². The number of carbonyl (C=O) groups excluding carboxylic acids is 1. The van der Waals surface area contributed by atoms with Gasteiger partial charge in [0.2, 0.25) is 0 Å². The van der Waals surface area contributed by atoms with Crippen molar-refractivity contribution in [1.82, 2.24) is 4.90 Å². The molecule has 23 heavy (non-hydrogen) atoms. The summed E-state index contributed by atoms with van der Waals surface area (Å²) in [5.74, 6) is 0.665. The molecule has 0 aromatic heterocycles. The van der Waals surface area contributed by atoms with Gasteiger partial charge in [-0.2, -0.15) is 0 Å². The van der Waals surface area contributed by atoms with Crippen LogP contribution in [0.25, 0.3) is 0 Å². The number of benzene rings is 2. The minimum atomic E-state index is -0.0219. The fraction of sp³-hybridized carbons (Fsp3) is 0.316. The molecule has 3 rings (SSSR count). The summed E-state index contributed by atoms with van der Waals surface area (Å²) >= 11 is 0. The highest BCUT2D eigenvalue weighted by atomic mass is 16.5. The highest BCUT2D eigenvalue weighted by Gasteiger charge is 2.22. The molecule has 1 unspecified atom stereocenters. The van der Waals surface area contributed by atoms with E-state index < -0.39 is 0 Å². The number of likely N-dealkylation sites (N-methyl/N-ethyl adjacent to an activating group) is 1. The highest BCUT2D eigenvalue weighted by molar-refractivity contribution is 5.94. The second-order valence-corrected chi connectivity index (χ2v) is 5.82. The Kier molecular flexibility index (Phi) is 4.63. The van der Waals surface area contributed by atoms with Crippen molar-refractivity contribution in [2.75, 3.05) is 20.7 Å². The SMILES string of the molecule is COc1cccc(C(=O)N(C)CC2Cc3ccccc3CO2)c1. The van der Waals surface area contributed by atoms with E-state index >= 15 is 0 Å². The summed E-state index contributed by atoms with van der Waals surface area (Å²) in [4.78, 5) is 14.3. The Balaban J connectivity index is 1.65. The molecule has 1 amide bonds. The Bertz CT molecular complexity index is 699. The minimum absolute atomic E-state index is 0.0219. The first-order valence-corrected chi connectivity index (χ1v) is 7.75. The van der Waals surface area contributed by atoms with E-state index in [2.05, 4.69) is 12.1 Å². The molecule has 120 valence electrons.